The lowest BCUT2D eigenvalue weighted by Crippen LogP contribution is -2.07. The Bertz CT molecular complexity index is 557. The van der Waals surface area contributed by atoms with Crippen LogP contribution < -0.4 is 10.1 Å². The van der Waals surface area contributed by atoms with Crippen LogP contribution in [-0.2, 0) is 0 Å². The smallest absolute Gasteiger partial charge is 0.142 e. The first-order valence-corrected chi connectivity index (χ1v) is 6.33. The first-order valence-electron chi connectivity index (χ1n) is 5.95. The molecule has 0 radical (unpaired) electrons. The Morgan fingerprint density at radius 2 is 1.84 bits per heavy atom. The van der Waals surface area contributed by atoms with E-state index in [9.17, 15) is 4.39 Å². The molecule has 0 saturated heterocycles. The zero-order chi connectivity index (χ0) is 13.8. The van der Waals surface area contributed by atoms with Crippen molar-refractivity contribution in [1.82, 2.24) is 0 Å². The van der Waals surface area contributed by atoms with Crippen LogP contribution in [0.4, 0.5) is 10.1 Å². The van der Waals surface area contributed by atoms with E-state index in [0.717, 1.165) is 17.0 Å². The van der Waals surface area contributed by atoms with Crippen molar-refractivity contribution in [3.63, 3.8) is 0 Å². The maximum atomic E-state index is 12.9. The van der Waals surface area contributed by atoms with Gasteiger partial charge in [-0.15, -0.1) is 0 Å². The monoisotopic (exact) mass is 279 g/mol. The quantitative estimate of drug-likeness (QED) is 0.879. The molecule has 4 heteroatoms. The molecule has 0 amide bonds. The third-order valence-corrected chi connectivity index (χ3v) is 3.14. The van der Waals surface area contributed by atoms with Crippen molar-refractivity contribution >= 4 is 17.3 Å². The minimum atomic E-state index is -0.240. The molecule has 0 bridgehead atoms. The van der Waals surface area contributed by atoms with E-state index < -0.39 is 0 Å². The van der Waals surface area contributed by atoms with Crippen LogP contribution >= 0.6 is 11.6 Å². The first-order chi connectivity index (χ1) is 9.10. The highest BCUT2D eigenvalue weighted by Crippen LogP contribution is 2.30. The maximum absolute atomic E-state index is 12.9. The average molecular weight is 280 g/mol. The fourth-order valence-electron chi connectivity index (χ4n) is 1.86. The number of hydrogen-bond acceptors (Lipinski definition) is 2. The summed E-state index contributed by atoms with van der Waals surface area (Å²) in [4.78, 5) is 0. The lowest BCUT2D eigenvalue weighted by Gasteiger charge is -2.18. The topological polar surface area (TPSA) is 21.3 Å². The molecule has 0 spiro atoms. The van der Waals surface area contributed by atoms with Crippen LogP contribution in [0.5, 0.6) is 5.75 Å². The average Bonchev–Trinajstić information content (AvgIpc) is 2.39. The second-order valence-electron chi connectivity index (χ2n) is 4.26. The molecule has 1 atom stereocenters. The number of nitrogens with one attached hydrogen (secondary N) is 1. The summed E-state index contributed by atoms with van der Waals surface area (Å²) in [5.41, 5.74) is 1.80. The molecule has 2 aromatic rings. The van der Waals surface area contributed by atoms with E-state index in [1.807, 2.05) is 13.0 Å². The van der Waals surface area contributed by atoms with Gasteiger partial charge < -0.3 is 10.1 Å². The molecule has 1 N–H and O–H groups in total. The number of ether oxygens (including phenoxy) is 1. The van der Waals surface area contributed by atoms with Crippen molar-refractivity contribution in [2.24, 2.45) is 0 Å². The molecule has 0 aliphatic rings. The van der Waals surface area contributed by atoms with Gasteiger partial charge in [-0.05, 0) is 42.8 Å². The van der Waals surface area contributed by atoms with Gasteiger partial charge in [0.25, 0.3) is 0 Å². The molecule has 0 fully saturated rings. The van der Waals surface area contributed by atoms with Gasteiger partial charge >= 0.3 is 0 Å². The summed E-state index contributed by atoms with van der Waals surface area (Å²) in [7, 11) is 1.61. The van der Waals surface area contributed by atoms with Gasteiger partial charge in [-0.25, -0.2) is 4.39 Å². The summed E-state index contributed by atoms with van der Waals surface area (Å²) in [6, 6.07) is 11.8. The van der Waals surface area contributed by atoms with Gasteiger partial charge in [0.15, 0.2) is 0 Å². The van der Waals surface area contributed by atoms with E-state index in [4.69, 9.17) is 16.3 Å². The predicted octanol–water partition coefficient (Wildman–Crippen LogP) is 4.66. The van der Waals surface area contributed by atoms with Crippen molar-refractivity contribution < 1.29 is 9.13 Å². The highest BCUT2D eigenvalue weighted by atomic mass is 35.5. The number of methoxy groups -OCH3 is 1. The van der Waals surface area contributed by atoms with E-state index >= 15 is 0 Å². The van der Waals surface area contributed by atoms with Gasteiger partial charge in [0.05, 0.1) is 12.8 Å². The van der Waals surface area contributed by atoms with Crippen LogP contribution in [0.15, 0.2) is 42.5 Å². The Hall–Kier alpha value is -1.74. The van der Waals surface area contributed by atoms with Gasteiger partial charge in [-0.2, -0.15) is 0 Å². The van der Waals surface area contributed by atoms with Gasteiger partial charge in [0, 0.05) is 11.1 Å². The van der Waals surface area contributed by atoms with Gasteiger partial charge in [0.2, 0.25) is 0 Å². The lowest BCUT2D eigenvalue weighted by molar-refractivity contribution is 0.416. The molecule has 2 rings (SSSR count). The standard InChI is InChI=1S/C15H15ClFNO/c1-10(11-3-6-13(17)7-4-11)18-14-9-12(16)5-8-15(14)19-2/h3-10,18H,1-2H3. The fourth-order valence-corrected chi connectivity index (χ4v) is 2.03. The third-order valence-electron chi connectivity index (χ3n) is 2.90. The van der Waals surface area contributed by atoms with Crippen LogP contribution in [-0.4, -0.2) is 7.11 Å². The molecule has 0 heterocycles. The maximum Gasteiger partial charge on any atom is 0.142 e. The molecule has 0 aliphatic heterocycles. The van der Waals surface area contributed by atoms with E-state index in [-0.39, 0.29) is 11.9 Å². The number of anilines is 1. The third kappa shape index (κ3) is 3.38. The molecule has 100 valence electrons. The second-order valence-corrected chi connectivity index (χ2v) is 4.70. The van der Waals surface area contributed by atoms with E-state index in [2.05, 4.69) is 5.32 Å². The molecular weight excluding hydrogens is 265 g/mol. The summed E-state index contributed by atoms with van der Waals surface area (Å²) >= 11 is 5.98. The Labute approximate surface area is 117 Å². The second kappa shape index (κ2) is 5.93. The number of benzene rings is 2. The van der Waals surface area contributed by atoms with E-state index in [1.54, 1.807) is 31.4 Å². The predicted molar refractivity (Wildman–Crippen MR) is 76.4 cm³/mol. The van der Waals surface area contributed by atoms with E-state index in [0.29, 0.717) is 5.02 Å². The molecule has 1 unspecified atom stereocenters. The Kier molecular flexibility index (Phi) is 4.27. The molecule has 2 nitrogen and oxygen atoms in total. The van der Waals surface area contributed by atoms with Crippen molar-refractivity contribution in [2.75, 3.05) is 12.4 Å². The van der Waals surface area contributed by atoms with Gasteiger partial charge in [-0.1, -0.05) is 23.7 Å². The highest BCUT2D eigenvalue weighted by molar-refractivity contribution is 6.30. The van der Waals surface area contributed by atoms with E-state index in [1.165, 1.54) is 12.1 Å². The fraction of sp³-hybridized carbons (Fsp3) is 0.200. The number of hydrogen-bond donors (Lipinski definition) is 1. The van der Waals surface area contributed by atoms with Gasteiger partial charge in [0.1, 0.15) is 11.6 Å². The van der Waals surface area contributed by atoms with Crippen molar-refractivity contribution in [1.29, 1.82) is 0 Å². The van der Waals surface area contributed by atoms with Gasteiger partial charge in [-0.3, -0.25) is 0 Å². The van der Waals surface area contributed by atoms with Crippen molar-refractivity contribution in [3.8, 4) is 5.75 Å². The first kappa shape index (κ1) is 13.7. The SMILES string of the molecule is COc1ccc(Cl)cc1NC(C)c1ccc(F)cc1. The van der Waals surface area contributed by atoms with Crippen molar-refractivity contribution in [2.45, 2.75) is 13.0 Å². The summed E-state index contributed by atoms with van der Waals surface area (Å²) < 4.78 is 18.2. The Morgan fingerprint density at radius 3 is 2.47 bits per heavy atom. The largest absolute Gasteiger partial charge is 0.495 e. The lowest BCUT2D eigenvalue weighted by atomic mass is 10.1. The van der Waals surface area contributed by atoms with Crippen LogP contribution in [0, 0.1) is 5.82 Å². The molecular formula is C15H15ClFNO. The normalized spacial score (nSPS) is 12.0. The Balaban J connectivity index is 2.20. The molecule has 0 saturated carbocycles. The summed E-state index contributed by atoms with van der Waals surface area (Å²) in [5.74, 6) is 0.481. The highest BCUT2D eigenvalue weighted by Gasteiger charge is 2.09. The number of rotatable bonds is 4. The number of halogens is 2. The molecule has 2 aromatic carbocycles. The van der Waals surface area contributed by atoms with Crippen LogP contribution in [0.2, 0.25) is 5.02 Å². The molecule has 0 aliphatic carbocycles. The summed E-state index contributed by atoms with van der Waals surface area (Å²) in [6.45, 7) is 1.99. The van der Waals surface area contributed by atoms with Crippen LogP contribution in [0.3, 0.4) is 0 Å². The van der Waals surface area contributed by atoms with Crippen LogP contribution in [0.25, 0.3) is 0 Å². The summed E-state index contributed by atoms with van der Waals surface area (Å²) in [5, 5.41) is 3.94. The molecule has 19 heavy (non-hydrogen) atoms. The zero-order valence-electron chi connectivity index (χ0n) is 10.8. The minimum Gasteiger partial charge on any atom is -0.495 e. The molecule has 0 aromatic heterocycles. The van der Waals surface area contributed by atoms with Crippen molar-refractivity contribution in [3.05, 3.63) is 58.9 Å². The summed E-state index contributed by atoms with van der Waals surface area (Å²) in [6.07, 6.45) is 0. The zero-order valence-corrected chi connectivity index (χ0v) is 11.5. The minimum absolute atomic E-state index is 0.0213. The van der Waals surface area contributed by atoms with Crippen LogP contribution in [0.1, 0.15) is 18.5 Å². The Morgan fingerprint density at radius 1 is 1.16 bits per heavy atom.